The second kappa shape index (κ2) is 17.7. The number of nitrogens with two attached hydrogens (primary N) is 3. The molecule has 2 aromatic heterocycles. The van der Waals surface area contributed by atoms with Crippen molar-refractivity contribution in [1.29, 1.82) is 0 Å². The summed E-state index contributed by atoms with van der Waals surface area (Å²) in [4.78, 5) is 60.0. The lowest BCUT2D eigenvalue weighted by Gasteiger charge is -2.12. The molecule has 0 unspecified atom stereocenters. The van der Waals surface area contributed by atoms with Crippen LogP contribution in [0, 0.1) is 0 Å². The van der Waals surface area contributed by atoms with Gasteiger partial charge in [-0.05, 0) is 24.3 Å². The molecule has 2 aromatic rings. The quantitative estimate of drug-likeness (QED) is 0.173. The van der Waals surface area contributed by atoms with Crippen molar-refractivity contribution >= 4 is 51.2 Å². The van der Waals surface area contributed by atoms with Crippen LogP contribution in [0.2, 0.25) is 0 Å². The van der Waals surface area contributed by atoms with E-state index in [1.54, 1.807) is 36.7 Å². The van der Waals surface area contributed by atoms with Gasteiger partial charge in [-0.15, -0.1) is 0 Å². The van der Waals surface area contributed by atoms with Crippen molar-refractivity contribution in [1.82, 2.24) is 15.3 Å². The van der Waals surface area contributed by atoms with Gasteiger partial charge < -0.3 is 32.7 Å². The van der Waals surface area contributed by atoms with Crippen LogP contribution in [0.3, 0.4) is 0 Å². The molecular weight excluding hydrogens is 500 g/mol. The molecule has 3 amide bonds. The van der Waals surface area contributed by atoms with Gasteiger partial charge in [0.25, 0.3) is 0 Å². The van der Waals surface area contributed by atoms with Crippen LogP contribution < -0.4 is 22.5 Å². The van der Waals surface area contributed by atoms with Crippen LogP contribution in [0.5, 0.6) is 0 Å². The minimum atomic E-state index is -1.13. The monoisotopic (exact) mass is 526 g/mol. The number of nitrogens with zero attached hydrogens (tertiary/aromatic N) is 2. The van der Waals surface area contributed by atoms with Crippen molar-refractivity contribution in [2.75, 3.05) is 11.5 Å². The smallest absolute Gasteiger partial charge is 0.327 e. The minimum absolute atomic E-state index is 0.145. The van der Waals surface area contributed by atoms with Gasteiger partial charge in [0.05, 0.1) is 11.1 Å². The number of hydrogen-bond acceptors (Lipinski definition) is 10. The SMILES string of the molecule is CC(=O)N[C@@H](CSSC[C@H](N)C(=O)O)C(=O)O.NC(=O)c1cccnc1.NC(=O)c1cccnc1. The van der Waals surface area contributed by atoms with Crippen LogP contribution in [-0.2, 0) is 14.4 Å². The van der Waals surface area contributed by atoms with Crippen molar-refractivity contribution in [3.63, 3.8) is 0 Å². The molecule has 9 N–H and O–H groups in total. The molecule has 0 spiro atoms. The van der Waals surface area contributed by atoms with E-state index in [1.807, 2.05) is 0 Å². The fourth-order valence-corrected chi connectivity index (χ4v) is 4.01. The minimum Gasteiger partial charge on any atom is -0.480 e. The molecule has 0 saturated heterocycles. The van der Waals surface area contributed by atoms with Crippen molar-refractivity contribution in [3.05, 3.63) is 60.2 Å². The number of primary amides is 2. The summed E-state index contributed by atoms with van der Waals surface area (Å²) < 4.78 is 0. The van der Waals surface area contributed by atoms with E-state index in [2.05, 4.69) is 15.3 Å². The number of carbonyl (C=O) groups excluding carboxylic acids is 3. The molecule has 0 aliphatic heterocycles. The number of amides is 3. The van der Waals surface area contributed by atoms with E-state index < -0.39 is 41.7 Å². The number of carbonyl (C=O) groups is 5. The number of aliphatic carboxylic acids is 2. The van der Waals surface area contributed by atoms with Crippen LogP contribution in [0.4, 0.5) is 0 Å². The van der Waals surface area contributed by atoms with Gasteiger partial charge in [-0.2, -0.15) is 0 Å². The Hall–Kier alpha value is -3.69. The van der Waals surface area contributed by atoms with Gasteiger partial charge in [-0.25, -0.2) is 4.79 Å². The largest absolute Gasteiger partial charge is 0.480 e. The van der Waals surface area contributed by atoms with E-state index in [9.17, 15) is 24.0 Å². The van der Waals surface area contributed by atoms with Crippen molar-refractivity contribution in [2.45, 2.75) is 19.0 Å². The fraction of sp³-hybridized carbons (Fsp3) is 0.250. The number of carboxylic acids is 2. The second-order valence-electron chi connectivity index (χ2n) is 6.32. The van der Waals surface area contributed by atoms with E-state index in [0.29, 0.717) is 11.1 Å². The fourth-order valence-electron chi connectivity index (χ4n) is 1.75. The Kier molecular flexibility index (Phi) is 15.9. The molecule has 0 fully saturated rings. The van der Waals surface area contributed by atoms with Crippen LogP contribution in [-0.4, -0.2) is 73.4 Å². The zero-order valence-electron chi connectivity index (χ0n) is 18.6. The first-order chi connectivity index (χ1) is 16.5. The lowest BCUT2D eigenvalue weighted by Crippen LogP contribution is -2.41. The van der Waals surface area contributed by atoms with Crippen LogP contribution in [0.1, 0.15) is 27.6 Å². The summed E-state index contributed by atoms with van der Waals surface area (Å²) in [7, 11) is 2.31. The first-order valence-corrected chi connectivity index (χ1v) is 12.1. The predicted molar refractivity (Wildman–Crippen MR) is 131 cm³/mol. The molecule has 2 rings (SSSR count). The third kappa shape index (κ3) is 15.7. The maximum Gasteiger partial charge on any atom is 0.327 e. The van der Waals surface area contributed by atoms with E-state index in [0.717, 1.165) is 21.6 Å². The van der Waals surface area contributed by atoms with E-state index in [4.69, 9.17) is 27.4 Å². The Morgan fingerprint density at radius 2 is 1.34 bits per heavy atom. The Balaban J connectivity index is 0.000000538. The van der Waals surface area contributed by atoms with Crippen LogP contribution >= 0.6 is 21.6 Å². The van der Waals surface area contributed by atoms with Gasteiger partial charge in [0, 0.05) is 43.2 Å². The number of carboxylic acid groups (broad SMARTS) is 2. The summed E-state index contributed by atoms with van der Waals surface area (Å²) in [6.07, 6.45) is 6.05. The molecule has 13 nitrogen and oxygen atoms in total. The average molecular weight is 527 g/mol. The zero-order valence-corrected chi connectivity index (χ0v) is 20.2. The van der Waals surface area contributed by atoms with Crippen LogP contribution in [0.15, 0.2) is 49.1 Å². The number of nitrogens with one attached hydrogen (secondary N) is 1. The maximum absolute atomic E-state index is 10.7. The zero-order chi connectivity index (χ0) is 26.8. The molecule has 0 aliphatic carbocycles. The summed E-state index contributed by atoms with van der Waals surface area (Å²) >= 11 is 0. The molecule has 0 aromatic carbocycles. The highest BCUT2D eigenvalue weighted by molar-refractivity contribution is 8.76. The summed E-state index contributed by atoms with van der Waals surface area (Å²) in [5.41, 5.74) is 16.0. The molecule has 190 valence electrons. The van der Waals surface area contributed by atoms with E-state index in [1.165, 1.54) is 19.3 Å². The van der Waals surface area contributed by atoms with Crippen molar-refractivity contribution in [3.8, 4) is 0 Å². The second-order valence-corrected chi connectivity index (χ2v) is 8.87. The predicted octanol–water partition coefficient (Wildman–Crippen LogP) is -0.270. The van der Waals surface area contributed by atoms with Gasteiger partial charge >= 0.3 is 11.9 Å². The summed E-state index contributed by atoms with van der Waals surface area (Å²) in [6, 6.07) is 4.62. The number of aromatic nitrogens is 2. The first-order valence-electron chi connectivity index (χ1n) is 9.58. The third-order valence-corrected chi connectivity index (χ3v) is 5.90. The average Bonchev–Trinajstić information content (AvgIpc) is 2.82. The first kappa shape index (κ1) is 31.3. The van der Waals surface area contributed by atoms with Gasteiger partial charge in [-0.3, -0.25) is 29.1 Å². The molecule has 15 heteroatoms. The van der Waals surface area contributed by atoms with Gasteiger partial charge in [0.15, 0.2) is 0 Å². The summed E-state index contributed by atoms with van der Waals surface area (Å²) in [5, 5.41) is 19.5. The molecule has 0 radical (unpaired) electrons. The van der Waals surface area contributed by atoms with Crippen molar-refractivity contribution < 1.29 is 34.2 Å². The van der Waals surface area contributed by atoms with Crippen molar-refractivity contribution in [2.24, 2.45) is 17.2 Å². The van der Waals surface area contributed by atoms with Gasteiger partial charge in [-0.1, -0.05) is 21.6 Å². The lowest BCUT2D eigenvalue weighted by molar-refractivity contribution is -0.140. The summed E-state index contributed by atoms with van der Waals surface area (Å²) in [6.45, 7) is 1.23. The molecule has 2 heterocycles. The van der Waals surface area contributed by atoms with Crippen LogP contribution in [0.25, 0.3) is 0 Å². The Labute approximate surface area is 208 Å². The molecule has 35 heavy (non-hydrogen) atoms. The Morgan fingerprint density at radius 3 is 1.63 bits per heavy atom. The molecular formula is C20H26N6O7S2. The van der Waals surface area contributed by atoms with E-state index in [-0.39, 0.29) is 11.5 Å². The maximum atomic E-state index is 10.7. The highest BCUT2D eigenvalue weighted by atomic mass is 33.1. The normalized spacial score (nSPS) is 11.3. The number of hydrogen-bond donors (Lipinski definition) is 6. The summed E-state index contributed by atoms with van der Waals surface area (Å²) in [5.74, 6) is -3.22. The molecule has 0 aliphatic rings. The Bertz CT molecular complexity index is 917. The Morgan fingerprint density at radius 1 is 0.886 bits per heavy atom. The van der Waals surface area contributed by atoms with Gasteiger partial charge in [0.2, 0.25) is 17.7 Å². The molecule has 2 atom stereocenters. The van der Waals surface area contributed by atoms with Gasteiger partial charge in [0.1, 0.15) is 12.1 Å². The topological polar surface area (TPSA) is 242 Å². The highest BCUT2D eigenvalue weighted by Crippen LogP contribution is 2.22. The third-order valence-electron chi connectivity index (χ3n) is 3.45. The lowest BCUT2D eigenvalue weighted by atomic mass is 10.3. The molecule has 0 saturated carbocycles. The number of rotatable bonds is 10. The highest BCUT2D eigenvalue weighted by Gasteiger charge is 2.19. The number of pyridine rings is 2. The standard InChI is InChI=1S/C8H14N2O5S2.2C6H6N2O/c1-4(11)10-6(8(14)15)3-17-16-2-5(9)7(12)13;2*7-6(9)5-2-1-3-8-4-5/h5-6H,2-3,9H2,1H3,(H,10,11)(H,12,13)(H,14,15);2*1-4H,(H2,7,9)/t5-,6-;;/m0../s1. The van der Waals surface area contributed by atoms with E-state index >= 15 is 0 Å². The molecule has 0 bridgehead atoms.